The predicted molar refractivity (Wildman–Crippen MR) is 151 cm³/mol. The van der Waals surface area contributed by atoms with Crippen molar-refractivity contribution in [2.45, 2.75) is 130 Å². The summed E-state index contributed by atoms with van der Waals surface area (Å²) in [6.07, 6.45) is 1.13. The molecule has 0 radical (unpaired) electrons. The topological polar surface area (TPSA) is 0 Å². The van der Waals surface area contributed by atoms with Crippen LogP contribution in [0.4, 0.5) is 4.20 Å². The SMILES string of the molecule is CC1c2cc(C(C)(C)C)cc(C(C)(C)C)c2CP(F)Cc2c1cc(C(C)(C)C)cc2C(C)(C)C. The standard InChI is InChI=1S/C32H48FP/c1-20-23-14-21(29(2,3)4)16-27(31(8,9)10)25(23)18-34(33)19-26-24(20)15-22(30(5,6)7)17-28(26)32(11,12)13/h14-17,20H,18-19H2,1-13H3. The van der Waals surface area contributed by atoms with Crippen LogP contribution in [0.3, 0.4) is 0 Å². The van der Waals surface area contributed by atoms with Crippen LogP contribution in [0.1, 0.15) is 140 Å². The third-order valence-electron chi connectivity index (χ3n) is 7.51. The summed E-state index contributed by atoms with van der Waals surface area (Å²) >= 11 is 0. The first-order chi connectivity index (χ1) is 15.2. The van der Waals surface area contributed by atoms with E-state index in [0.717, 1.165) is 0 Å². The van der Waals surface area contributed by atoms with Crippen LogP contribution in [0.25, 0.3) is 0 Å². The van der Waals surface area contributed by atoms with Gasteiger partial charge in [0, 0.05) is 18.2 Å². The van der Waals surface area contributed by atoms with Crippen molar-refractivity contribution in [1.29, 1.82) is 0 Å². The van der Waals surface area contributed by atoms with E-state index in [1.807, 2.05) is 0 Å². The highest BCUT2D eigenvalue weighted by Gasteiger charge is 2.34. The van der Waals surface area contributed by atoms with Gasteiger partial charge in [-0.15, -0.1) is 0 Å². The van der Waals surface area contributed by atoms with E-state index in [-0.39, 0.29) is 27.6 Å². The van der Waals surface area contributed by atoms with E-state index in [2.05, 4.69) is 114 Å². The van der Waals surface area contributed by atoms with Gasteiger partial charge >= 0.3 is 0 Å². The Balaban J connectivity index is 2.44. The molecule has 0 bridgehead atoms. The molecule has 34 heavy (non-hydrogen) atoms. The van der Waals surface area contributed by atoms with Crippen molar-refractivity contribution in [3.05, 3.63) is 68.8 Å². The van der Waals surface area contributed by atoms with E-state index >= 15 is 4.20 Å². The van der Waals surface area contributed by atoms with E-state index in [0.29, 0.717) is 12.3 Å². The van der Waals surface area contributed by atoms with E-state index < -0.39 is 8.23 Å². The first-order valence-electron chi connectivity index (χ1n) is 13.0. The van der Waals surface area contributed by atoms with Crippen molar-refractivity contribution >= 4 is 8.23 Å². The number of halogens is 1. The highest BCUT2D eigenvalue weighted by atomic mass is 31.2. The second-order valence-electron chi connectivity index (χ2n) is 14.7. The van der Waals surface area contributed by atoms with Crippen LogP contribution in [0.15, 0.2) is 24.3 Å². The van der Waals surface area contributed by atoms with Crippen LogP contribution in [0.5, 0.6) is 0 Å². The van der Waals surface area contributed by atoms with Gasteiger partial charge in [-0.25, -0.2) is 4.20 Å². The Morgan fingerprint density at radius 1 is 0.588 bits per heavy atom. The first kappa shape index (κ1) is 27.4. The summed E-state index contributed by atoms with van der Waals surface area (Å²) in [7, 11) is -1.63. The lowest BCUT2D eigenvalue weighted by Gasteiger charge is -2.36. The third-order valence-corrected chi connectivity index (χ3v) is 8.83. The predicted octanol–water partition coefficient (Wildman–Crippen LogP) is 10.4. The van der Waals surface area contributed by atoms with Gasteiger partial charge in [-0.1, -0.05) is 114 Å². The molecule has 0 saturated carbocycles. The molecule has 0 aromatic heterocycles. The summed E-state index contributed by atoms with van der Waals surface area (Å²) in [5.74, 6) is 0.237. The highest BCUT2D eigenvalue weighted by Crippen LogP contribution is 2.54. The highest BCUT2D eigenvalue weighted by molar-refractivity contribution is 7.50. The van der Waals surface area contributed by atoms with Gasteiger partial charge in [-0.05, 0) is 66.2 Å². The Bertz CT molecular complexity index is 979. The largest absolute Gasteiger partial charge is 0.226 e. The van der Waals surface area contributed by atoms with Crippen LogP contribution < -0.4 is 0 Å². The molecule has 0 spiro atoms. The molecule has 3 rings (SSSR count). The molecule has 2 aromatic carbocycles. The van der Waals surface area contributed by atoms with Crippen molar-refractivity contribution in [3.63, 3.8) is 0 Å². The van der Waals surface area contributed by atoms with E-state index in [1.54, 1.807) is 0 Å². The van der Waals surface area contributed by atoms with Crippen molar-refractivity contribution in [3.8, 4) is 0 Å². The molecule has 0 atom stereocenters. The molecule has 1 heterocycles. The lowest BCUT2D eigenvalue weighted by molar-refractivity contribution is 0.558. The number of rotatable bonds is 0. The molecule has 0 amide bonds. The maximum Gasteiger partial charge on any atom is 0.0903 e. The Morgan fingerprint density at radius 3 is 1.18 bits per heavy atom. The van der Waals surface area contributed by atoms with E-state index in [9.17, 15) is 0 Å². The molecule has 2 aromatic rings. The number of hydrogen-bond acceptors (Lipinski definition) is 0. The molecule has 1 aliphatic heterocycles. The van der Waals surface area contributed by atoms with E-state index in [4.69, 9.17) is 0 Å². The molecule has 1 aliphatic rings. The minimum atomic E-state index is -1.63. The van der Waals surface area contributed by atoms with Gasteiger partial charge in [0.1, 0.15) is 0 Å². The molecular weight excluding hydrogens is 434 g/mol. The normalized spacial score (nSPS) is 19.8. The van der Waals surface area contributed by atoms with Gasteiger partial charge < -0.3 is 0 Å². The van der Waals surface area contributed by atoms with Crippen LogP contribution in [0.2, 0.25) is 0 Å². The fourth-order valence-corrected chi connectivity index (χ4v) is 6.79. The maximum absolute atomic E-state index is 16.0. The van der Waals surface area contributed by atoms with Crippen LogP contribution in [-0.2, 0) is 34.0 Å². The van der Waals surface area contributed by atoms with Gasteiger partial charge in [-0.3, -0.25) is 0 Å². The van der Waals surface area contributed by atoms with Gasteiger partial charge in [0.2, 0.25) is 0 Å². The minimum Gasteiger partial charge on any atom is -0.226 e. The molecule has 0 fully saturated rings. The number of benzene rings is 2. The third kappa shape index (κ3) is 5.46. The van der Waals surface area contributed by atoms with Crippen LogP contribution in [0, 0.1) is 0 Å². The fourth-order valence-electron chi connectivity index (χ4n) is 5.29. The Labute approximate surface area is 211 Å². The van der Waals surface area contributed by atoms with Crippen LogP contribution >= 0.6 is 8.23 Å². The second kappa shape index (κ2) is 8.73. The van der Waals surface area contributed by atoms with Crippen molar-refractivity contribution in [2.75, 3.05) is 0 Å². The zero-order valence-electron chi connectivity index (χ0n) is 24.1. The molecule has 188 valence electrons. The number of hydrogen-bond donors (Lipinski definition) is 0. The van der Waals surface area contributed by atoms with Gasteiger partial charge in [0.05, 0.1) is 8.23 Å². The van der Waals surface area contributed by atoms with Crippen LogP contribution in [-0.4, -0.2) is 0 Å². The lowest BCUT2D eigenvalue weighted by atomic mass is 9.72. The zero-order chi connectivity index (χ0) is 26.0. The molecule has 0 unspecified atom stereocenters. The minimum absolute atomic E-state index is 0.0207. The van der Waals surface area contributed by atoms with Gasteiger partial charge in [0.15, 0.2) is 0 Å². The molecule has 2 heteroatoms. The molecule has 0 aliphatic carbocycles. The lowest BCUT2D eigenvalue weighted by Crippen LogP contribution is -2.24. The first-order valence-corrected chi connectivity index (χ1v) is 14.6. The van der Waals surface area contributed by atoms with Gasteiger partial charge in [-0.2, -0.15) is 0 Å². The molecule has 0 saturated heterocycles. The average Bonchev–Trinajstić information content (AvgIpc) is 2.63. The molecular formula is C32H48FP. The summed E-state index contributed by atoms with van der Waals surface area (Å²) in [5.41, 5.74) is 10.7. The van der Waals surface area contributed by atoms with Crippen molar-refractivity contribution < 1.29 is 4.20 Å². The summed E-state index contributed by atoms with van der Waals surface area (Å²) in [6, 6.07) is 9.58. The fraction of sp³-hybridized carbons (Fsp3) is 0.625. The number of fused-ring (bicyclic) bond motifs is 2. The smallest absolute Gasteiger partial charge is 0.0903 e. The van der Waals surface area contributed by atoms with Crippen molar-refractivity contribution in [2.24, 2.45) is 0 Å². The molecule has 0 nitrogen and oxygen atoms in total. The Kier molecular flexibility index (Phi) is 7.03. The summed E-state index contributed by atoms with van der Waals surface area (Å²) in [4.78, 5) is 0. The Hall–Kier alpha value is -1.20. The quantitative estimate of drug-likeness (QED) is 0.328. The van der Waals surface area contributed by atoms with Gasteiger partial charge in [0.25, 0.3) is 0 Å². The summed E-state index contributed by atoms with van der Waals surface area (Å²) in [5, 5.41) is 0. The zero-order valence-corrected chi connectivity index (χ0v) is 25.0. The summed E-state index contributed by atoms with van der Waals surface area (Å²) < 4.78 is 16.0. The molecule has 0 N–H and O–H groups in total. The maximum atomic E-state index is 16.0. The second-order valence-corrected chi connectivity index (χ2v) is 16.2. The van der Waals surface area contributed by atoms with Crippen molar-refractivity contribution in [1.82, 2.24) is 0 Å². The summed E-state index contributed by atoms with van der Waals surface area (Å²) in [6.45, 7) is 29.8. The monoisotopic (exact) mass is 482 g/mol. The van der Waals surface area contributed by atoms with E-state index in [1.165, 1.54) is 44.5 Å². The average molecular weight is 483 g/mol. The Morgan fingerprint density at radius 2 is 0.912 bits per heavy atom.